The van der Waals surface area contributed by atoms with Gasteiger partial charge in [-0.05, 0) is 0 Å². The number of carbonyl (C=O) groups is 1. The van der Waals surface area contributed by atoms with Crippen LogP contribution in [0.15, 0.2) is 25.3 Å². The van der Waals surface area contributed by atoms with Crippen molar-refractivity contribution in [3.8, 4) is 0 Å². The summed E-state index contributed by atoms with van der Waals surface area (Å²) in [4.78, 5) is 12.6. The van der Waals surface area contributed by atoms with E-state index in [4.69, 9.17) is 9.47 Å². The summed E-state index contributed by atoms with van der Waals surface area (Å²) >= 11 is 0. The van der Waals surface area contributed by atoms with Crippen molar-refractivity contribution in [3.05, 3.63) is 25.3 Å². The maximum Gasteiger partial charge on any atom is 0.412 e. The van der Waals surface area contributed by atoms with Gasteiger partial charge in [0.1, 0.15) is 6.61 Å². The number of ether oxygens (including phenoxy) is 2. The van der Waals surface area contributed by atoms with Gasteiger partial charge in [0.2, 0.25) is 0 Å². The molecule has 0 saturated carbocycles. The lowest BCUT2D eigenvalue weighted by molar-refractivity contribution is -0.00158. The number of amides is 1. The van der Waals surface area contributed by atoms with Gasteiger partial charge in [0.05, 0.1) is 6.61 Å². The fourth-order valence-electron chi connectivity index (χ4n) is 1.08. The number of cyclic esters (lactones) is 1. The van der Waals surface area contributed by atoms with Crippen molar-refractivity contribution < 1.29 is 14.3 Å². The Hall–Kier alpha value is -1.29. The van der Waals surface area contributed by atoms with Crippen LogP contribution in [0.2, 0.25) is 0 Å². The monoisotopic (exact) mass is 183 g/mol. The quantitative estimate of drug-likeness (QED) is 0.600. The van der Waals surface area contributed by atoms with Gasteiger partial charge in [0, 0.05) is 6.54 Å². The fraction of sp³-hybridized carbons (Fsp3) is 0.444. The lowest BCUT2D eigenvalue weighted by Crippen LogP contribution is -2.35. The minimum absolute atomic E-state index is 0.278. The maximum absolute atomic E-state index is 11.1. The highest BCUT2D eigenvalue weighted by molar-refractivity contribution is 5.69. The van der Waals surface area contributed by atoms with Gasteiger partial charge >= 0.3 is 6.09 Å². The minimum atomic E-state index is -0.353. The number of rotatable bonds is 5. The first kappa shape index (κ1) is 9.80. The van der Waals surface area contributed by atoms with Crippen LogP contribution in [0.25, 0.3) is 0 Å². The SMILES string of the molecule is C=CCOC1COC(=O)N1CC=C. The van der Waals surface area contributed by atoms with Crippen molar-refractivity contribution in [1.82, 2.24) is 4.90 Å². The van der Waals surface area contributed by atoms with E-state index in [-0.39, 0.29) is 18.9 Å². The van der Waals surface area contributed by atoms with Crippen LogP contribution in [-0.4, -0.2) is 37.0 Å². The van der Waals surface area contributed by atoms with Crippen LogP contribution in [0.5, 0.6) is 0 Å². The van der Waals surface area contributed by atoms with Gasteiger partial charge in [0.25, 0.3) is 0 Å². The largest absolute Gasteiger partial charge is 0.445 e. The van der Waals surface area contributed by atoms with Gasteiger partial charge in [-0.1, -0.05) is 12.2 Å². The van der Waals surface area contributed by atoms with Crippen molar-refractivity contribution in [2.75, 3.05) is 19.8 Å². The molecule has 1 fully saturated rings. The molecule has 4 nitrogen and oxygen atoms in total. The summed E-state index contributed by atoms with van der Waals surface area (Å²) < 4.78 is 10.1. The number of hydrogen-bond donors (Lipinski definition) is 0. The summed E-state index contributed by atoms with van der Waals surface area (Å²) in [5.41, 5.74) is 0. The molecule has 0 N–H and O–H groups in total. The molecule has 0 bridgehead atoms. The first-order valence-electron chi connectivity index (χ1n) is 4.06. The van der Waals surface area contributed by atoms with E-state index in [0.29, 0.717) is 13.2 Å². The molecule has 1 amide bonds. The van der Waals surface area contributed by atoms with Gasteiger partial charge in [-0.2, -0.15) is 0 Å². The molecule has 72 valence electrons. The third kappa shape index (κ3) is 2.32. The van der Waals surface area contributed by atoms with E-state index in [1.165, 1.54) is 4.90 Å². The van der Waals surface area contributed by atoms with Crippen LogP contribution >= 0.6 is 0 Å². The van der Waals surface area contributed by atoms with Crippen LogP contribution in [0.4, 0.5) is 4.79 Å². The third-order valence-corrected chi connectivity index (χ3v) is 1.66. The molecule has 1 aliphatic rings. The van der Waals surface area contributed by atoms with E-state index in [1.54, 1.807) is 12.2 Å². The van der Waals surface area contributed by atoms with Gasteiger partial charge in [-0.15, -0.1) is 13.2 Å². The van der Waals surface area contributed by atoms with E-state index in [0.717, 1.165) is 0 Å². The average molecular weight is 183 g/mol. The molecule has 0 aromatic rings. The van der Waals surface area contributed by atoms with E-state index < -0.39 is 0 Å². The molecule has 1 unspecified atom stereocenters. The van der Waals surface area contributed by atoms with Crippen molar-refractivity contribution >= 4 is 6.09 Å². The maximum atomic E-state index is 11.1. The van der Waals surface area contributed by atoms with Gasteiger partial charge < -0.3 is 9.47 Å². The van der Waals surface area contributed by atoms with Crippen LogP contribution in [-0.2, 0) is 9.47 Å². The Bertz CT molecular complexity index is 215. The molecule has 1 saturated heterocycles. The lowest BCUT2D eigenvalue weighted by atomic mass is 10.5. The van der Waals surface area contributed by atoms with Crippen molar-refractivity contribution in [3.63, 3.8) is 0 Å². The molecule has 1 heterocycles. The Morgan fingerprint density at radius 1 is 1.62 bits per heavy atom. The Morgan fingerprint density at radius 3 is 3.00 bits per heavy atom. The summed E-state index contributed by atoms with van der Waals surface area (Å²) in [7, 11) is 0. The first-order chi connectivity index (χ1) is 6.29. The molecule has 1 atom stereocenters. The van der Waals surface area contributed by atoms with E-state index in [1.807, 2.05) is 0 Å². The summed E-state index contributed by atoms with van der Waals surface area (Å²) in [6.45, 7) is 8.21. The Morgan fingerprint density at radius 2 is 2.38 bits per heavy atom. The highest BCUT2D eigenvalue weighted by Gasteiger charge is 2.32. The molecular weight excluding hydrogens is 170 g/mol. The zero-order chi connectivity index (χ0) is 9.68. The molecule has 0 aliphatic carbocycles. The normalized spacial score (nSPS) is 21.4. The van der Waals surface area contributed by atoms with Crippen LogP contribution in [0.1, 0.15) is 0 Å². The Balaban J connectivity index is 2.47. The molecule has 13 heavy (non-hydrogen) atoms. The van der Waals surface area contributed by atoms with Crippen molar-refractivity contribution in [2.45, 2.75) is 6.23 Å². The smallest absolute Gasteiger partial charge is 0.412 e. The number of carbonyl (C=O) groups excluding carboxylic acids is 1. The lowest BCUT2D eigenvalue weighted by Gasteiger charge is -2.18. The van der Waals surface area contributed by atoms with Gasteiger partial charge in [-0.25, -0.2) is 4.79 Å². The van der Waals surface area contributed by atoms with Crippen molar-refractivity contribution in [2.24, 2.45) is 0 Å². The Kier molecular flexibility index (Phi) is 3.52. The van der Waals surface area contributed by atoms with Crippen LogP contribution in [0.3, 0.4) is 0 Å². The highest BCUT2D eigenvalue weighted by atomic mass is 16.6. The molecule has 0 spiro atoms. The molecule has 0 aromatic heterocycles. The predicted molar refractivity (Wildman–Crippen MR) is 48.2 cm³/mol. The zero-order valence-corrected chi connectivity index (χ0v) is 7.44. The van der Waals surface area contributed by atoms with E-state index in [9.17, 15) is 4.79 Å². The topological polar surface area (TPSA) is 38.8 Å². The van der Waals surface area contributed by atoms with Gasteiger partial charge in [-0.3, -0.25) is 4.90 Å². The van der Waals surface area contributed by atoms with Crippen LogP contribution in [0, 0.1) is 0 Å². The molecule has 1 rings (SSSR count). The average Bonchev–Trinajstić information content (AvgIpc) is 2.46. The van der Waals surface area contributed by atoms with E-state index >= 15 is 0 Å². The second-order valence-corrected chi connectivity index (χ2v) is 2.59. The summed E-state index contributed by atoms with van der Waals surface area (Å²) in [6.07, 6.45) is 2.61. The van der Waals surface area contributed by atoms with Crippen LogP contribution < -0.4 is 0 Å². The standard InChI is InChI=1S/C9H13NO3/c1-3-5-10-8(12-6-4-2)7-13-9(10)11/h3-4,8H,1-2,5-7H2. The second kappa shape index (κ2) is 4.67. The Labute approximate surface area is 77.4 Å². The molecule has 0 radical (unpaired) electrons. The van der Waals surface area contributed by atoms with Crippen molar-refractivity contribution in [1.29, 1.82) is 0 Å². The fourth-order valence-corrected chi connectivity index (χ4v) is 1.08. The number of nitrogens with zero attached hydrogens (tertiary/aromatic N) is 1. The predicted octanol–water partition coefficient (Wildman–Crippen LogP) is 1.15. The number of hydrogen-bond acceptors (Lipinski definition) is 3. The molecular formula is C9H13NO3. The molecule has 1 aliphatic heterocycles. The zero-order valence-electron chi connectivity index (χ0n) is 7.44. The second-order valence-electron chi connectivity index (χ2n) is 2.59. The highest BCUT2D eigenvalue weighted by Crippen LogP contribution is 2.12. The molecule has 0 aromatic carbocycles. The van der Waals surface area contributed by atoms with E-state index in [2.05, 4.69) is 13.2 Å². The molecule has 4 heteroatoms. The summed E-state index contributed by atoms with van der Waals surface area (Å²) in [5, 5.41) is 0. The summed E-state index contributed by atoms with van der Waals surface area (Å²) in [6, 6.07) is 0. The van der Waals surface area contributed by atoms with Gasteiger partial charge in [0.15, 0.2) is 6.23 Å². The minimum Gasteiger partial charge on any atom is -0.445 e. The third-order valence-electron chi connectivity index (χ3n) is 1.66. The summed E-state index contributed by atoms with van der Waals surface area (Å²) in [5.74, 6) is 0. The first-order valence-corrected chi connectivity index (χ1v) is 4.06.